The quantitative estimate of drug-likeness (QED) is 0.0321. The first-order valence-corrected chi connectivity index (χ1v) is 31.3. The fourth-order valence-electron chi connectivity index (χ4n) is 9.61. The normalized spacial score (nSPS) is 12.8. The van der Waals surface area contributed by atoms with Crippen LogP contribution in [0.5, 0.6) is 0 Å². The second-order valence-corrected chi connectivity index (χ2v) is 21.4. The highest BCUT2D eigenvalue weighted by molar-refractivity contribution is 5.76. The van der Waals surface area contributed by atoms with E-state index >= 15 is 0 Å². The Balaban J connectivity index is 3.50. The largest absolute Gasteiger partial charge is 0.466 e. The van der Waals surface area contributed by atoms with Gasteiger partial charge in [0, 0.05) is 12.8 Å². The molecule has 2 unspecified atom stereocenters. The van der Waals surface area contributed by atoms with Crippen molar-refractivity contribution in [1.29, 1.82) is 0 Å². The number of allylic oxidation sites excluding steroid dienone is 5. The Bertz CT molecular complexity index is 1130. The Morgan fingerprint density at radius 3 is 1.09 bits per heavy atom. The SMILES string of the molecule is CCCCCCCCCCCCCCCCCC/C=C/C(O)C(CO)NC(=O)CCCCCCCCC/C=C\C/C=C\CCCCCOC(=O)CCCCCCCCCCCCCCCCCCCC. The molecule has 2 atom stereocenters. The average molecular weight is 985 g/mol. The van der Waals surface area contributed by atoms with Crippen molar-refractivity contribution in [2.45, 2.75) is 347 Å². The molecule has 0 aliphatic heterocycles. The third-order valence-electron chi connectivity index (χ3n) is 14.4. The summed E-state index contributed by atoms with van der Waals surface area (Å²) < 4.78 is 5.47. The molecule has 0 aromatic carbocycles. The zero-order chi connectivity index (χ0) is 50.7. The van der Waals surface area contributed by atoms with E-state index in [9.17, 15) is 19.8 Å². The molecule has 1 amide bonds. The van der Waals surface area contributed by atoms with Crippen LogP contribution >= 0.6 is 0 Å². The van der Waals surface area contributed by atoms with Crippen LogP contribution in [0.1, 0.15) is 335 Å². The summed E-state index contributed by atoms with van der Waals surface area (Å²) in [4.78, 5) is 24.6. The van der Waals surface area contributed by atoms with Crippen LogP contribution in [-0.2, 0) is 14.3 Å². The average Bonchev–Trinajstić information content (AvgIpc) is 3.36. The number of esters is 1. The van der Waals surface area contributed by atoms with Crippen LogP contribution in [0.15, 0.2) is 36.5 Å². The summed E-state index contributed by atoms with van der Waals surface area (Å²) in [5, 5.41) is 23.2. The van der Waals surface area contributed by atoms with Crippen LogP contribution in [0, 0.1) is 0 Å². The molecule has 0 spiro atoms. The van der Waals surface area contributed by atoms with E-state index < -0.39 is 12.1 Å². The van der Waals surface area contributed by atoms with Gasteiger partial charge in [-0.3, -0.25) is 9.59 Å². The molecule has 0 aliphatic rings. The van der Waals surface area contributed by atoms with E-state index in [4.69, 9.17) is 4.74 Å². The summed E-state index contributed by atoms with van der Waals surface area (Å²) in [6, 6.07) is -0.641. The van der Waals surface area contributed by atoms with E-state index in [1.807, 2.05) is 6.08 Å². The number of carbonyl (C=O) groups is 2. The number of rotatable bonds is 58. The van der Waals surface area contributed by atoms with E-state index in [0.29, 0.717) is 19.4 Å². The molecule has 3 N–H and O–H groups in total. The summed E-state index contributed by atoms with van der Waals surface area (Å²) in [5.74, 6) is -0.0939. The van der Waals surface area contributed by atoms with Crippen LogP contribution in [0.25, 0.3) is 0 Å². The van der Waals surface area contributed by atoms with Crippen LogP contribution in [0.2, 0.25) is 0 Å². The molecule has 412 valence electrons. The topological polar surface area (TPSA) is 95.9 Å². The number of hydrogen-bond acceptors (Lipinski definition) is 5. The van der Waals surface area contributed by atoms with Gasteiger partial charge in [0.1, 0.15) is 0 Å². The van der Waals surface area contributed by atoms with Crippen molar-refractivity contribution in [3.8, 4) is 0 Å². The van der Waals surface area contributed by atoms with E-state index in [1.54, 1.807) is 6.08 Å². The van der Waals surface area contributed by atoms with E-state index in [1.165, 1.54) is 225 Å². The van der Waals surface area contributed by atoms with Crippen molar-refractivity contribution in [3.63, 3.8) is 0 Å². The predicted molar refractivity (Wildman–Crippen MR) is 306 cm³/mol. The maximum atomic E-state index is 12.5. The van der Waals surface area contributed by atoms with Crippen molar-refractivity contribution in [1.82, 2.24) is 5.32 Å². The number of aliphatic hydroxyl groups excluding tert-OH is 2. The Kier molecular flexibility index (Phi) is 58.0. The number of nitrogens with one attached hydrogen (secondary N) is 1. The lowest BCUT2D eigenvalue weighted by Crippen LogP contribution is -2.45. The molecule has 0 rings (SSSR count). The van der Waals surface area contributed by atoms with E-state index in [-0.39, 0.29) is 18.5 Å². The van der Waals surface area contributed by atoms with Gasteiger partial charge in [-0.15, -0.1) is 0 Å². The molecule has 0 saturated heterocycles. The summed E-state index contributed by atoms with van der Waals surface area (Å²) >= 11 is 0. The number of ether oxygens (including phenoxy) is 1. The molecule has 6 nitrogen and oxygen atoms in total. The van der Waals surface area contributed by atoms with Gasteiger partial charge < -0.3 is 20.3 Å². The van der Waals surface area contributed by atoms with Gasteiger partial charge in [-0.2, -0.15) is 0 Å². The highest BCUT2D eigenvalue weighted by atomic mass is 16.5. The van der Waals surface area contributed by atoms with Crippen LogP contribution in [0.3, 0.4) is 0 Å². The van der Waals surface area contributed by atoms with Gasteiger partial charge >= 0.3 is 5.97 Å². The standard InChI is InChI=1S/C64H121NO5/c1-3-5-7-9-11-13-15-17-19-21-24-28-32-36-40-44-48-52-56-62(67)61(60-66)65-63(68)57-53-49-45-41-37-33-29-25-23-27-31-35-39-43-47-51-55-59-70-64(69)58-54-50-46-42-38-34-30-26-22-20-18-16-14-12-10-8-6-4-2/h23,27,35,39,52,56,61-62,66-67H,3-22,24-26,28-34,36-38,40-51,53-55,57-60H2,1-2H3,(H,65,68)/b27-23-,39-35-,56-52+. The third kappa shape index (κ3) is 55.4. The minimum atomic E-state index is -0.856. The first-order valence-electron chi connectivity index (χ1n) is 31.3. The summed E-state index contributed by atoms with van der Waals surface area (Å²) in [5.41, 5.74) is 0. The maximum absolute atomic E-state index is 12.5. The number of amides is 1. The molecule has 0 saturated carbocycles. The smallest absolute Gasteiger partial charge is 0.305 e. The van der Waals surface area contributed by atoms with Gasteiger partial charge in [0.15, 0.2) is 0 Å². The highest BCUT2D eigenvalue weighted by Gasteiger charge is 2.18. The van der Waals surface area contributed by atoms with Crippen LogP contribution in [-0.4, -0.2) is 47.4 Å². The molecular weight excluding hydrogens is 863 g/mol. The van der Waals surface area contributed by atoms with Gasteiger partial charge in [-0.25, -0.2) is 0 Å². The number of carbonyl (C=O) groups excluding carboxylic acids is 2. The lowest BCUT2D eigenvalue weighted by molar-refractivity contribution is -0.143. The lowest BCUT2D eigenvalue weighted by atomic mass is 10.0. The molecule has 0 bridgehead atoms. The molecule has 0 aliphatic carbocycles. The van der Waals surface area contributed by atoms with Gasteiger partial charge in [0.2, 0.25) is 5.91 Å². The van der Waals surface area contributed by atoms with Crippen LogP contribution in [0.4, 0.5) is 0 Å². The number of hydrogen-bond donors (Lipinski definition) is 3. The van der Waals surface area contributed by atoms with Gasteiger partial charge in [-0.1, -0.05) is 288 Å². The minimum absolute atomic E-state index is 0.0118. The van der Waals surface area contributed by atoms with E-state index in [2.05, 4.69) is 43.5 Å². The first-order chi connectivity index (χ1) is 34.5. The number of aliphatic hydroxyl groups is 2. The minimum Gasteiger partial charge on any atom is -0.466 e. The Labute approximate surface area is 436 Å². The van der Waals surface area contributed by atoms with Crippen molar-refractivity contribution < 1.29 is 24.5 Å². The Morgan fingerprint density at radius 2 is 0.714 bits per heavy atom. The second kappa shape index (κ2) is 59.6. The van der Waals surface area contributed by atoms with Crippen molar-refractivity contribution in [2.75, 3.05) is 13.2 Å². The van der Waals surface area contributed by atoms with Crippen molar-refractivity contribution in [3.05, 3.63) is 36.5 Å². The molecule has 0 aromatic rings. The molecule has 0 aromatic heterocycles. The Hall–Kier alpha value is -1.92. The third-order valence-corrected chi connectivity index (χ3v) is 14.4. The maximum Gasteiger partial charge on any atom is 0.305 e. The predicted octanol–water partition coefficient (Wildman–Crippen LogP) is 19.6. The highest BCUT2D eigenvalue weighted by Crippen LogP contribution is 2.17. The lowest BCUT2D eigenvalue weighted by Gasteiger charge is -2.20. The molecule has 6 heteroatoms. The van der Waals surface area contributed by atoms with Crippen molar-refractivity contribution in [2.24, 2.45) is 0 Å². The summed E-state index contributed by atoms with van der Waals surface area (Å²) in [7, 11) is 0. The van der Waals surface area contributed by atoms with Gasteiger partial charge in [0.25, 0.3) is 0 Å². The van der Waals surface area contributed by atoms with Crippen LogP contribution < -0.4 is 5.32 Å². The Morgan fingerprint density at radius 1 is 0.400 bits per heavy atom. The van der Waals surface area contributed by atoms with Crippen molar-refractivity contribution >= 4 is 11.9 Å². The molecule has 0 radical (unpaired) electrons. The number of unbranched alkanes of at least 4 members (excludes halogenated alkanes) is 43. The monoisotopic (exact) mass is 984 g/mol. The zero-order valence-electron chi connectivity index (χ0n) is 47.0. The first kappa shape index (κ1) is 68.1. The summed E-state index contributed by atoms with van der Waals surface area (Å²) in [6.45, 7) is 4.88. The fourth-order valence-corrected chi connectivity index (χ4v) is 9.61. The molecule has 0 fully saturated rings. The zero-order valence-corrected chi connectivity index (χ0v) is 47.0. The molecule has 0 heterocycles. The second-order valence-electron chi connectivity index (χ2n) is 21.4. The fraction of sp³-hybridized carbons (Fsp3) is 0.875. The summed E-state index contributed by atoms with van der Waals surface area (Å²) in [6.07, 6.45) is 74.7. The molecule has 70 heavy (non-hydrogen) atoms. The molecular formula is C64H121NO5. The van der Waals surface area contributed by atoms with Gasteiger partial charge in [-0.05, 0) is 70.6 Å². The van der Waals surface area contributed by atoms with Gasteiger partial charge in [0.05, 0.1) is 25.4 Å². The van der Waals surface area contributed by atoms with E-state index in [0.717, 1.165) is 83.5 Å².